The average molecular weight is 215 g/mol. The topological polar surface area (TPSA) is 40.0 Å². The largest absolute Gasteiger partial charge is 0.359 e. The molecule has 78 valence electrons. The van der Waals surface area contributed by atoms with Crippen molar-refractivity contribution in [3.8, 4) is 0 Å². The zero-order valence-electron chi connectivity index (χ0n) is 8.51. The van der Waals surface area contributed by atoms with Crippen LogP contribution >= 0.6 is 7.74 Å². The SMILES string of the molecule is COP(=Nc1ccccc1)(OC)OC. The minimum absolute atomic E-state index is 0.784. The Morgan fingerprint density at radius 2 is 1.43 bits per heavy atom. The van der Waals surface area contributed by atoms with E-state index in [1.54, 1.807) is 0 Å². The molecule has 0 fully saturated rings. The van der Waals surface area contributed by atoms with Crippen molar-refractivity contribution in [2.75, 3.05) is 21.3 Å². The van der Waals surface area contributed by atoms with E-state index in [4.69, 9.17) is 13.6 Å². The van der Waals surface area contributed by atoms with Crippen LogP contribution < -0.4 is 0 Å². The fourth-order valence-electron chi connectivity index (χ4n) is 0.982. The molecule has 0 radical (unpaired) electrons. The van der Waals surface area contributed by atoms with Gasteiger partial charge in [0.25, 0.3) is 0 Å². The van der Waals surface area contributed by atoms with Gasteiger partial charge in [0.05, 0.1) is 5.69 Å². The minimum Gasteiger partial charge on any atom is -0.306 e. The smallest absolute Gasteiger partial charge is 0.306 e. The Morgan fingerprint density at radius 1 is 0.929 bits per heavy atom. The third kappa shape index (κ3) is 2.66. The molecule has 0 unspecified atom stereocenters. The van der Waals surface area contributed by atoms with E-state index in [0.29, 0.717) is 0 Å². The summed E-state index contributed by atoms with van der Waals surface area (Å²) in [4.78, 5) is 0. The second-order valence-corrected chi connectivity index (χ2v) is 4.68. The highest BCUT2D eigenvalue weighted by Crippen LogP contribution is 2.53. The summed E-state index contributed by atoms with van der Waals surface area (Å²) in [5.41, 5.74) is 0.784. The highest BCUT2D eigenvalue weighted by molar-refractivity contribution is 7.51. The first-order valence-electron chi connectivity index (χ1n) is 4.11. The molecule has 0 N–H and O–H groups in total. The summed E-state index contributed by atoms with van der Waals surface area (Å²) in [6.07, 6.45) is 0. The van der Waals surface area contributed by atoms with Crippen molar-refractivity contribution in [3.63, 3.8) is 0 Å². The lowest BCUT2D eigenvalue weighted by atomic mass is 10.3. The molecule has 0 amide bonds. The molecule has 0 aliphatic rings. The number of hydrogen-bond acceptors (Lipinski definition) is 4. The van der Waals surface area contributed by atoms with Gasteiger partial charge in [-0.1, -0.05) is 18.2 Å². The van der Waals surface area contributed by atoms with Crippen LogP contribution in [0.3, 0.4) is 0 Å². The molecule has 0 aliphatic heterocycles. The van der Waals surface area contributed by atoms with Gasteiger partial charge in [0.15, 0.2) is 0 Å². The zero-order chi connectivity index (χ0) is 10.4. The highest BCUT2D eigenvalue weighted by Gasteiger charge is 2.17. The predicted molar refractivity (Wildman–Crippen MR) is 56.5 cm³/mol. The number of hydrogen-bond donors (Lipinski definition) is 0. The van der Waals surface area contributed by atoms with Crippen molar-refractivity contribution in [2.45, 2.75) is 0 Å². The second kappa shape index (κ2) is 5.27. The van der Waals surface area contributed by atoms with E-state index in [1.807, 2.05) is 30.3 Å². The molecule has 0 saturated carbocycles. The molecule has 0 heterocycles. The molecule has 14 heavy (non-hydrogen) atoms. The molecule has 0 spiro atoms. The van der Waals surface area contributed by atoms with Crippen LogP contribution in [-0.4, -0.2) is 21.3 Å². The van der Waals surface area contributed by atoms with E-state index in [9.17, 15) is 0 Å². The van der Waals surface area contributed by atoms with Gasteiger partial charge in [-0.05, 0) is 12.1 Å². The maximum Gasteiger partial charge on any atom is 0.359 e. The van der Waals surface area contributed by atoms with Crippen LogP contribution in [0.25, 0.3) is 0 Å². The van der Waals surface area contributed by atoms with Crippen molar-refractivity contribution in [1.29, 1.82) is 0 Å². The Kier molecular flexibility index (Phi) is 4.29. The van der Waals surface area contributed by atoms with E-state index < -0.39 is 7.74 Å². The summed E-state index contributed by atoms with van der Waals surface area (Å²) in [6, 6.07) is 9.45. The first kappa shape index (κ1) is 11.4. The van der Waals surface area contributed by atoms with Crippen molar-refractivity contribution in [1.82, 2.24) is 0 Å². The lowest BCUT2D eigenvalue weighted by molar-refractivity contribution is 0.224. The first-order valence-corrected chi connectivity index (χ1v) is 5.60. The first-order chi connectivity index (χ1) is 6.76. The Morgan fingerprint density at radius 3 is 1.86 bits per heavy atom. The van der Waals surface area contributed by atoms with Gasteiger partial charge < -0.3 is 13.6 Å². The van der Waals surface area contributed by atoms with Crippen LogP contribution in [0.15, 0.2) is 35.1 Å². The molecule has 0 bridgehead atoms. The molecule has 1 aromatic rings. The van der Waals surface area contributed by atoms with Crippen LogP contribution in [0.4, 0.5) is 5.69 Å². The van der Waals surface area contributed by atoms with Gasteiger partial charge in [0, 0.05) is 21.3 Å². The van der Waals surface area contributed by atoms with Gasteiger partial charge in [-0.25, -0.2) is 0 Å². The monoisotopic (exact) mass is 215 g/mol. The summed E-state index contributed by atoms with van der Waals surface area (Å²) in [7, 11) is 2.03. The zero-order valence-corrected chi connectivity index (χ0v) is 9.40. The van der Waals surface area contributed by atoms with Crippen LogP contribution in [0.5, 0.6) is 0 Å². The fraction of sp³-hybridized carbons (Fsp3) is 0.333. The van der Waals surface area contributed by atoms with Crippen LogP contribution in [0, 0.1) is 0 Å². The van der Waals surface area contributed by atoms with Gasteiger partial charge >= 0.3 is 7.74 Å². The van der Waals surface area contributed by atoms with E-state index in [2.05, 4.69) is 4.74 Å². The molecular formula is C9H14NO3P. The summed E-state index contributed by atoms with van der Waals surface area (Å²) in [6.45, 7) is 0. The van der Waals surface area contributed by atoms with Crippen LogP contribution in [-0.2, 0) is 13.6 Å². The molecular weight excluding hydrogens is 201 g/mol. The average Bonchev–Trinajstić information content (AvgIpc) is 2.28. The Balaban J connectivity index is 3.05. The van der Waals surface area contributed by atoms with Crippen molar-refractivity contribution in [2.24, 2.45) is 4.74 Å². The molecule has 0 saturated heterocycles. The van der Waals surface area contributed by atoms with Crippen molar-refractivity contribution < 1.29 is 13.6 Å². The van der Waals surface area contributed by atoms with Crippen LogP contribution in [0.1, 0.15) is 0 Å². The predicted octanol–water partition coefficient (Wildman–Crippen LogP) is 3.20. The second-order valence-electron chi connectivity index (χ2n) is 2.45. The molecule has 4 nitrogen and oxygen atoms in total. The van der Waals surface area contributed by atoms with Gasteiger partial charge in [-0.15, -0.1) is 0 Å². The third-order valence-electron chi connectivity index (χ3n) is 1.69. The van der Waals surface area contributed by atoms with E-state index in [-0.39, 0.29) is 0 Å². The maximum atomic E-state index is 5.14. The molecule has 0 aliphatic carbocycles. The Labute approximate surface area is 84.1 Å². The molecule has 5 heteroatoms. The molecule has 0 atom stereocenters. The number of rotatable bonds is 4. The summed E-state index contributed by atoms with van der Waals surface area (Å²) in [5, 5.41) is 0. The lowest BCUT2D eigenvalue weighted by Crippen LogP contribution is -1.90. The van der Waals surface area contributed by atoms with Crippen molar-refractivity contribution in [3.05, 3.63) is 30.3 Å². The van der Waals surface area contributed by atoms with E-state index in [1.165, 1.54) is 21.3 Å². The number of benzene rings is 1. The minimum atomic E-state index is -2.54. The highest BCUT2D eigenvalue weighted by atomic mass is 31.2. The summed E-state index contributed by atoms with van der Waals surface area (Å²) < 4.78 is 19.7. The van der Waals surface area contributed by atoms with E-state index >= 15 is 0 Å². The van der Waals surface area contributed by atoms with Gasteiger partial charge in [-0.3, -0.25) is 0 Å². The Bertz CT molecular complexity index is 307. The number of nitrogens with zero attached hydrogens (tertiary/aromatic N) is 1. The summed E-state index contributed by atoms with van der Waals surface area (Å²) in [5.74, 6) is 0. The fourth-order valence-corrected chi connectivity index (χ4v) is 2.09. The summed E-state index contributed by atoms with van der Waals surface area (Å²) >= 11 is 0. The normalized spacial score (nSPS) is 11.4. The quantitative estimate of drug-likeness (QED) is 0.724. The van der Waals surface area contributed by atoms with Crippen LogP contribution in [0.2, 0.25) is 0 Å². The van der Waals surface area contributed by atoms with Gasteiger partial charge in [-0.2, -0.15) is 4.74 Å². The standard InChI is InChI=1S/C9H14NO3P/c1-11-14(12-2,13-3)10-9-7-5-4-6-8-9/h4-8H,1-3H3. The molecule has 0 aromatic heterocycles. The molecule has 1 rings (SSSR count). The molecule has 1 aromatic carbocycles. The van der Waals surface area contributed by atoms with Gasteiger partial charge in [0.1, 0.15) is 0 Å². The third-order valence-corrected chi connectivity index (χ3v) is 3.55. The Hall–Kier alpha value is -0.670. The van der Waals surface area contributed by atoms with Gasteiger partial charge in [0.2, 0.25) is 0 Å². The lowest BCUT2D eigenvalue weighted by Gasteiger charge is -2.16. The van der Waals surface area contributed by atoms with E-state index in [0.717, 1.165) is 5.69 Å². The van der Waals surface area contributed by atoms with Crippen molar-refractivity contribution >= 4 is 13.4 Å². The maximum absolute atomic E-state index is 5.14.